The minimum Gasteiger partial charge on any atom is -0.497 e. The molecular formula is C20H20Cl2N2O4. The lowest BCUT2D eigenvalue weighted by Gasteiger charge is -2.39. The van der Waals surface area contributed by atoms with Crippen molar-refractivity contribution >= 4 is 40.7 Å². The van der Waals surface area contributed by atoms with E-state index in [0.29, 0.717) is 45.9 Å². The third kappa shape index (κ3) is 3.75. The Balaban J connectivity index is 1.86. The van der Waals surface area contributed by atoms with E-state index in [9.17, 15) is 9.59 Å². The molecule has 148 valence electrons. The second kappa shape index (κ2) is 8.29. The van der Waals surface area contributed by atoms with E-state index < -0.39 is 6.04 Å². The maximum absolute atomic E-state index is 13.0. The number of hydrogen-bond donors (Lipinski definition) is 0. The third-order valence-corrected chi connectivity index (χ3v) is 5.50. The summed E-state index contributed by atoms with van der Waals surface area (Å²) < 4.78 is 10.7. The maximum Gasteiger partial charge on any atom is 0.254 e. The fourth-order valence-electron chi connectivity index (χ4n) is 3.19. The van der Waals surface area contributed by atoms with E-state index in [1.54, 1.807) is 56.4 Å². The van der Waals surface area contributed by atoms with E-state index in [1.165, 1.54) is 11.0 Å². The number of anilines is 1. The molecule has 1 unspecified atom stereocenters. The zero-order valence-corrected chi connectivity index (χ0v) is 17.3. The van der Waals surface area contributed by atoms with Gasteiger partial charge in [0.15, 0.2) is 0 Å². The minimum atomic E-state index is -0.647. The second-order valence-corrected chi connectivity index (χ2v) is 7.15. The summed E-state index contributed by atoms with van der Waals surface area (Å²) in [5.41, 5.74) is 1.00. The van der Waals surface area contributed by atoms with E-state index in [-0.39, 0.29) is 11.8 Å². The molecule has 2 aromatic carbocycles. The van der Waals surface area contributed by atoms with Crippen LogP contribution in [0.3, 0.4) is 0 Å². The quantitative estimate of drug-likeness (QED) is 0.749. The molecule has 1 atom stereocenters. The van der Waals surface area contributed by atoms with Gasteiger partial charge in [-0.25, -0.2) is 0 Å². The molecule has 2 amide bonds. The average Bonchev–Trinajstić information content (AvgIpc) is 2.71. The zero-order valence-electron chi connectivity index (χ0n) is 15.7. The zero-order chi connectivity index (χ0) is 20.4. The molecule has 0 bridgehead atoms. The summed E-state index contributed by atoms with van der Waals surface area (Å²) in [7, 11) is 3.10. The Morgan fingerprint density at radius 1 is 1.04 bits per heavy atom. The van der Waals surface area contributed by atoms with E-state index in [4.69, 9.17) is 32.7 Å². The van der Waals surface area contributed by atoms with E-state index in [2.05, 4.69) is 0 Å². The fraction of sp³-hybridized carbons (Fsp3) is 0.300. The van der Waals surface area contributed by atoms with Crippen molar-refractivity contribution < 1.29 is 19.1 Å². The molecule has 0 aromatic heterocycles. The summed E-state index contributed by atoms with van der Waals surface area (Å²) in [5.74, 6) is 0.707. The van der Waals surface area contributed by atoms with Crippen molar-refractivity contribution in [3.63, 3.8) is 0 Å². The van der Waals surface area contributed by atoms with Crippen LogP contribution in [0.5, 0.6) is 11.5 Å². The normalized spacial score (nSPS) is 16.9. The molecule has 0 aliphatic carbocycles. The molecule has 8 heteroatoms. The van der Waals surface area contributed by atoms with Gasteiger partial charge in [-0.2, -0.15) is 0 Å². The van der Waals surface area contributed by atoms with E-state index >= 15 is 0 Å². The maximum atomic E-state index is 13.0. The fourth-order valence-corrected chi connectivity index (χ4v) is 3.49. The SMILES string of the molecule is COc1ccc(OC)c(N2CCN(C(=O)c3ccc(Cl)c(Cl)c3)C(C)C2=O)c1. The van der Waals surface area contributed by atoms with Gasteiger partial charge in [0.25, 0.3) is 5.91 Å². The number of benzene rings is 2. The Hall–Kier alpha value is -2.44. The van der Waals surface area contributed by atoms with Crippen LogP contribution in [0.15, 0.2) is 36.4 Å². The first kappa shape index (κ1) is 20.3. The average molecular weight is 423 g/mol. The standard InChI is InChI=1S/C20H20Cl2N2O4/c1-12-19(25)24(17-11-14(27-2)5-7-18(17)28-3)9-8-23(12)20(26)13-4-6-15(21)16(22)10-13/h4-7,10-12H,8-9H2,1-3H3. The molecule has 6 nitrogen and oxygen atoms in total. The molecule has 0 saturated carbocycles. The molecule has 0 N–H and O–H groups in total. The van der Waals surface area contributed by atoms with Gasteiger partial charge in [-0.15, -0.1) is 0 Å². The monoisotopic (exact) mass is 422 g/mol. The molecular weight excluding hydrogens is 403 g/mol. The second-order valence-electron chi connectivity index (χ2n) is 6.33. The predicted molar refractivity (Wildman–Crippen MR) is 109 cm³/mol. The largest absolute Gasteiger partial charge is 0.497 e. The van der Waals surface area contributed by atoms with Crippen LogP contribution in [0.4, 0.5) is 5.69 Å². The Morgan fingerprint density at radius 3 is 2.43 bits per heavy atom. The summed E-state index contributed by atoms with van der Waals surface area (Å²) in [5, 5.41) is 0.670. The van der Waals surface area contributed by atoms with Crippen molar-refractivity contribution in [3.05, 3.63) is 52.0 Å². The molecule has 1 aliphatic heterocycles. The first-order valence-electron chi connectivity index (χ1n) is 8.66. The Labute approximate surface area is 173 Å². The molecule has 1 fully saturated rings. The van der Waals surface area contributed by atoms with Crippen LogP contribution in [-0.2, 0) is 4.79 Å². The summed E-state index contributed by atoms with van der Waals surface area (Å²) in [6.45, 7) is 2.41. The molecule has 0 spiro atoms. The van der Waals surface area contributed by atoms with Gasteiger partial charge in [0.2, 0.25) is 5.91 Å². The van der Waals surface area contributed by atoms with Gasteiger partial charge < -0.3 is 19.3 Å². The highest BCUT2D eigenvalue weighted by molar-refractivity contribution is 6.42. The van der Waals surface area contributed by atoms with Gasteiger partial charge in [-0.1, -0.05) is 23.2 Å². The number of ether oxygens (including phenoxy) is 2. The van der Waals surface area contributed by atoms with Gasteiger partial charge in [-0.05, 0) is 37.3 Å². The van der Waals surface area contributed by atoms with Crippen LogP contribution in [0.2, 0.25) is 10.0 Å². The van der Waals surface area contributed by atoms with Crippen LogP contribution in [0.25, 0.3) is 0 Å². The lowest BCUT2D eigenvalue weighted by atomic mass is 10.1. The number of halogens is 2. The van der Waals surface area contributed by atoms with E-state index in [0.717, 1.165) is 0 Å². The highest BCUT2D eigenvalue weighted by Crippen LogP contribution is 2.34. The van der Waals surface area contributed by atoms with Crippen LogP contribution in [0.1, 0.15) is 17.3 Å². The lowest BCUT2D eigenvalue weighted by molar-refractivity contribution is -0.124. The number of carbonyl (C=O) groups excluding carboxylic acids is 2. The van der Waals surface area contributed by atoms with Crippen molar-refractivity contribution in [2.24, 2.45) is 0 Å². The van der Waals surface area contributed by atoms with Gasteiger partial charge in [0.1, 0.15) is 17.5 Å². The topological polar surface area (TPSA) is 59.1 Å². The van der Waals surface area contributed by atoms with Crippen molar-refractivity contribution in [1.82, 2.24) is 4.90 Å². The van der Waals surface area contributed by atoms with Crippen LogP contribution in [-0.4, -0.2) is 50.1 Å². The number of hydrogen-bond acceptors (Lipinski definition) is 4. The number of methoxy groups -OCH3 is 2. The molecule has 0 radical (unpaired) electrons. The summed E-state index contributed by atoms with van der Waals surface area (Å²) in [6.07, 6.45) is 0. The van der Waals surface area contributed by atoms with Crippen LogP contribution >= 0.6 is 23.2 Å². The van der Waals surface area contributed by atoms with Crippen LogP contribution in [0, 0.1) is 0 Å². The van der Waals surface area contributed by atoms with E-state index in [1.807, 2.05) is 0 Å². The molecule has 3 rings (SSSR count). The van der Waals surface area contributed by atoms with Gasteiger partial charge in [0.05, 0.1) is 30.0 Å². The molecule has 1 heterocycles. The smallest absolute Gasteiger partial charge is 0.254 e. The Kier molecular flexibility index (Phi) is 6.01. The summed E-state index contributed by atoms with van der Waals surface area (Å²) in [4.78, 5) is 29.1. The molecule has 1 aliphatic rings. The highest BCUT2D eigenvalue weighted by atomic mass is 35.5. The molecule has 28 heavy (non-hydrogen) atoms. The number of amides is 2. The third-order valence-electron chi connectivity index (χ3n) is 4.76. The number of nitrogens with zero attached hydrogens (tertiary/aromatic N) is 2. The van der Waals surface area contributed by atoms with Gasteiger partial charge in [0, 0.05) is 24.7 Å². The number of piperazine rings is 1. The predicted octanol–water partition coefficient (Wildman–Crippen LogP) is 3.89. The van der Waals surface area contributed by atoms with Crippen molar-refractivity contribution in [1.29, 1.82) is 0 Å². The summed E-state index contributed by atoms with van der Waals surface area (Å²) in [6, 6.07) is 9.30. The Morgan fingerprint density at radius 2 is 1.79 bits per heavy atom. The molecule has 2 aromatic rings. The molecule has 1 saturated heterocycles. The lowest BCUT2D eigenvalue weighted by Crippen LogP contribution is -2.57. The van der Waals surface area contributed by atoms with Gasteiger partial charge >= 0.3 is 0 Å². The number of rotatable bonds is 4. The van der Waals surface area contributed by atoms with Crippen LogP contribution < -0.4 is 14.4 Å². The first-order valence-corrected chi connectivity index (χ1v) is 9.42. The van der Waals surface area contributed by atoms with Crippen molar-refractivity contribution in [3.8, 4) is 11.5 Å². The van der Waals surface area contributed by atoms with Crippen molar-refractivity contribution in [2.45, 2.75) is 13.0 Å². The number of carbonyl (C=O) groups is 2. The first-order chi connectivity index (χ1) is 13.4. The Bertz CT molecular complexity index is 919. The highest BCUT2D eigenvalue weighted by Gasteiger charge is 2.36. The van der Waals surface area contributed by atoms with Crippen molar-refractivity contribution in [2.75, 3.05) is 32.2 Å². The summed E-state index contributed by atoms with van der Waals surface area (Å²) >= 11 is 11.9. The van der Waals surface area contributed by atoms with Gasteiger partial charge in [-0.3, -0.25) is 9.59 Å². The minimum absolute atomic E-state index is 0.203.